The summed E-state index contributed by atoms with van der Waals surface area (Å²) in [7, 11) is 0. The first-order valence-electron chi connectivity index (χ1n) is 6.85. The van der Waals surface area contributed by atoms with Crippen LogP contribution in [0, 0.1) is 6.92 Å². The third-order valence-electron chi connectivity index (χ3n) is 3.07. The molecule has 1 N–H and O–H groups in total. The molecule has 1 aromatic carbocycles. The average molecular weight is 288 g/mol. The Morgan fingerprint density at radius 3 is 2.85 bits per heavy atom. The van der Waals surface area contributed by atoms with Crippen LogP contribution in [0.15, 0.2) is 29.6 Å². The van der Waals surface area contributed by atoms with Gasteiger partial charge in [-0.25, -0.2) is 4.98 Å². The molecule has 4 heteroatoms. The van der Waals surface area contributed by atoms with Crippen LogP contribution in [0.25, 0.3) is 0 Å². The van der Waals surface area contributed by atoms with Gasteiger partial charge in [-0.2, -0.15) is 0 Å². The van der Waals surface area contributed by atoms with E-state index in [1.54, 1.807) is 11.3 Å². The molecule has 0 spiro atoms. The lowest BCUT2D eigenvalue weighted by Crippen LogP contribution is -2.25. The maximum absolute atomic E-state index is 12.0. The zero-order valence-electron chi connectivity index (χ0n) is 12.1. The van der Waals surface area contributed by atoms with Gasteiger partial charge < -0.3 is 5.32 Å². The number of benzene rings is 1. The van der Waals surface area contributed by atoms with Crippen molar-refractivity contribution >= 4 is 17.2 Å². The maximum atomic E-state index is 12.0. The lowest BCUT2D eigenvalue weighted by atomic mass is 10.1. The van der Waals surface area contributed by atoms with Crippen molar-refractivity contribution < 1.29 is 4.79 Å². The van der Waals surface area contributed by atoms with Crippen molar-refractivity contribution in [3.8, 4) is 0 Å². The fourth-order valence-electron chi connectivity index (χ4n) is 1.88. The van der Waals surface area contributed by atoms with E-state index in [9.17, 15) is 4.79 Å². The van der Waals surface area contributed by atoms with Crippen LogP contribution in [0.1, 0.15) is 46.4 Å². The first kappa shape index (κ1) is 14.7. The van der Waals surface area contributed by atoms with Crippen LogP contribution in [0.2, 0.25) is 0 Å². The van der Waals surface area contributed by atoms with Gasteiger partial charge in [-0.15, -0.1) is 11.3 Å². The summed E-state index contributed by atoms with van der Waals surface area (Å²) in [4.78, 5) is 16.5. The van der Waals surface area contributed by atoms with Crippen molar-refractivity contribution in [3.05, 3.63) is 51.5 Å². The van der Waals surface area contributed by atoms with E-state index in [4.69, 9.17) is 0 Å². The van der Waals surface area contributed by atoms with E-state index in [1.807, 2.05) is 31.2 Å². The summed E-state index contributed by atoms with van der Waals surface area (Å²) in [6, 6.07) is 7.62. The average Bonchev–Trinajstić information content (AvgIpc) is 2.87. The van der Waals surface area contributed by atoms with Crippen molar-refractivity contribution in [2.24, 2.45) is 0 Å². The highest BCUT2D eigenvalue weighted by Gasteiger charge is 2.07. The van der Waals surface area contributed by atoms with E-state index in [2.05, 4.69) is 29.5 Å². The zero-order chi connectivity index (χ0) is 14.5. The molecule has 0 bridgehead atoms. The number of carbonyl (C=O) groups excluding carboxylic acids is 1. The van der Waals surface area contributed by atoms with Crippen molar-refractivity contribution in [2.45, 2.75) is 33.1 Å². The lowest BCUT2D eigenvalue weighted by molar-refractivity contribution is 0.0954. The number of thiazole rings is 1. The third-order valence-corrected chi connectivity index (χ3v) is 3.99. The molecule has 106 valence electrons. The van der Waals surface area contributed by atoms with E-state index < -0.39 is 0 Å². The molecule has 0 aliphatic carbocycles. The molecule has 0 radical (unpaired) electrons. The van der Waals surface area contributed by atoms with Crippen molar-refractivity contribution in [1.29, 1.82) is 0 Å². The number of nitrogens with zero attached hydrogens (tertiary/aromatic N) is 1. The van der Waals surface area contributed by atoms with Gasteiger partial charge in [0, 0.05) is 23.9 Å². The van der Waals surface area contributed by atoms with Crippen molar-refractivity contribution in [3.63, 3.8) is 0 Å². The summed E-state index contributed by atoms with van der Waals surface area (Å²) < 4.78 is 0. The molecule has 3 nitrogen and oxygen atoms in total. The first-order chi connectivity index (χ1) is 9.56. The Bertz CT molecular complexity index is 590. The van der Waals surface area contributed by atoms with E-state index in [0.29, 0.717) is 18.0 Å². The summed E-state index contributed by atoms with van der Waals surface area (Å²) in [5.41, 5.74) is 2.95. The predicted octanol–water partition coefficient (Wildman–Crippen LogP) is 3.55. The number of aromatic nitrogens is 1. The Labute approximate surface area is 124 Å². The topological polar surface area (TPSA) is 42.0 Å². The van der Waals surface area contributed by atoms with Crippen LogP contribution in [0.4, 0.5) is 0 Å². The SMILES string of the molecule is Cc1cccc(C(=O)NCCc2nc(C(C)C)cs2)c1. The zero-order valence-corrected chi connectivity index (χ0v) is 13.0. The molecular formula is C16H20N2OS. The lowest BCUT2D eigenvalue weighted by Gasteiger charge is -2.04. The van der Waals surface area contributed by atoms with E-state index in [1.165, 1.54) is 0 Å². The first-order valence-corrected chi connectivity index (χ1v) is 7.73. The highest BCUT2D eigenvalue weighted by atomic mass is 32.1. The standard InChI is InChI=1S/C16H20N2OS/c1-11(2)14-10-20-15(18-14)7-8-17-16(19)13-6-4-5-12(3)9-13/h4-6,9-11H,7-8H2,1-3H3,(H,17,19). The molecule has 20 heavy (non-hydrogen) atoms. The quantitative estimate of drug-likeness (QED) is 0.914. The number of rotatable bonds is 5. The third kappa shape index (κ3) is 3.90. The Morgan fingerprint density at radius 2 is 2.20 bits per heavy atom. The van der Waals surface area contributed by atoms with Crippen molar-refractivity contribution in [1.82, 2.24) is 10.3 Å². The van der Waals surface area contributed by atoms with Gasteiger partial charge in [0.1, 0.15) is 0 Å². The number of hydrogen-bond donors (Lipinski definition) is 1. The van der Waals surface area contributed by atoms with Gasteiger partial charge in [0.05, 0.1) is 10.7 Å². The van der Waals surface area contributed by atoms with Crippen LogP contribution in [0.3, 0.4) is 0 Å². The van der Waals surface area contributed by atoms with Gasteiger partial charge in [0.25, 0.3) is 5.91 Å². The van der Waals surface area contributed by atoms with Crippen LogP contribution in [0.5, 0.6) is 0 Å². The van der Waals surface area contributed by atoms with E-state index in [0.717, 1.165) is 22.7 Å². The largest absolute Gasteiger partial charge is 0.352 e. The molecule has 2 aromatic rings. The van der Waals surface area contributed by atoms with Gasteiger partial charge in [0.2, 0.25) is 0 Å². The summed E-state index contributed by atoms with van der Waals surface area (Å²) in [5.74, 6) is 0.441. The van der Waals surface area contributed by atoms with Crippen LogP contribution in [-0.4, -0.2) is 17.4 Å². The molecule has 1 amide bonds. The predicted molar refractivity (Wildman–Crippen MR) is 83.4 cm³/mol. The van der Waals surface area contributed by atoms with Gasteiger partial charge in [-0.05, 0) is 25.0 Å². The molecule has 0 fully saturated rings. The normalized spacial score (nSPS) is 10.8. The maximum Gasteiger partial charge on any atom is 0.251 e. The van der Waals surface area contributed by atoms with E-state index >= 15 is 0 Å². The smallest absolute Gasteiger partial charge is 0.251 e. The Balaban J connectivity index is 1.84. The number of amides is 1. The summed E-state index contributed by atoms with van der Waals surface area (Å²) in [6.07, 6.45) is 0.787. The molecule has 0 atom stereocenters. The molecule has 1 aromatic heterocycles. The minimum Gasteiger partial charge on any atom is -0.352 e. The monoisotopic (exact) mass is 288 g/mol. The van der Waals surface area contributed by atoms with Crippen LogP contribution >= 0.6 is 11.3 Å². The molecule has 0 aliphatic rings. The number of carbonyl (C=O) groups is 1. The van der Waals surface area contributed by atoms with Crippen molar-refractivity contribution in [2.75, 3.05) is 6.54 Å². The highest BCUT2D eigenvalue weighted by Crippen LogP contribution is 2.17. The summed E-state index contributed by atoms with van der Waals surface area (Å²) in [6.45, 7) is 6.88. The van der Waals surface area contributed by atoms with Crippen LogP contribution in [-0.2, 0) is 6.42 Å². The van der Waals surface area contributed by atoms with Gasteiger partial charge in [-0.1, -0.05) is 31.5 Å². The van der Waals surface area contributed by atoms with E-state index in [-0.39, 0.29) is 5.91 Å². The highest BCUT2D eigenvalue weighted by molar-refractivity contribution is 7.09. The number of nitrogens with one attached hydrogen (secondary N) is 1. The Hall–Kier alpha value is -1.68. The molecule has 0 aliphatic heterocycles. The molecule has 2 rings (SSSR count). The summed E-state index contributed by atoms with van der Waals surface area (Å²) >= 11 is 1.67. The molecular weight excluding hydrogens is 268 g/mol. The Morgan fingerprint density at radius 1 is 1.40 bits per heavy atom. The summed E-state index contributed by atoms with van der Waals surface area (Å²) in [5, 5.41) is 6.12. The second-order valence-corrected chi connectivity index (χ2v) is 6.14. The molecule has 1 heterocycles. The second kappa shape index (κ2) is 6.66. The minimum atomic E-state index is -0.0191. The number of aryl methyl sites for hydroxylation is 1. The second-order valence-electron chi connectivity index (χ2n) is 5.20. The number of hydrogen-bond acceptors (Lipinski definition) is 3. The van der Waals surface area contributed by atoms with Gasteiger partial charge in [-0.3, -0.25) is 4.79 Å². The van der Waals surface area contributed by atoms with Gasteiger partial charge in [0.15, 0.2) is 0 Å². The fourth-order valence-corrected chi connectivity index (χ4v) is 2.84. The van der Waals surface area contributed by atoms with Crippen LogP contribution < -0.4 is 5.32 Å². The minimum absolute atomic E-state index is 0.0191. The molecule has 0 unspecified atom stereocenters. The molecule has 0 saturated carbocycles. The van der Waals surface area contributed by atoms with Gasteiger partial charge >= 0.3 is 0 Å². The molecule has 0 saturated heterocycles. The Kier molecular flexibility index (Phi) is 4.90. The fraction of sp³-hybridized carbons (Fsp3) is 0.375.